The maximum atomic E-state index is 12.0. The maximum Gasteiger partial charge on any atom is 0.192 e. The summed E-state index contributed by atoms with van der Waals surface area (Å²) in [5, 5.41) is 23.3. The summed E-state index contributed by atoms with van der Waals surface area (Å²) in [6.07, 6.45) is 2.75. The Labute approximate surface area is 209 Å². The van der Waals surface area contributed by atoms with Crippen LogP contribution in [-0.2, 0) is 20.8 Å². The molecule has 184 valence electrons. The molecule has 1 aromatic heterocycles. The van der Waals surface area contributed by atoms with Crippen LogP contribution >= 0.6 is 0 Å². The van der Waals surface area contributed by atoms with Gasteiger partial charge < -0.3 is 19.3 Å². The average Bonchev–Trinajstić information content (AvgIpc) is 3.36. The molecule has 0 radical (unpaired) electrons. The van der Waals surface area contributed by atoms with Crippen LogP contribution in [-0.4, -0.2) is 54.7 Å². The van der Waals surface area contributed by atoms with Crippen molar-refractivity contribution in [1.29, 1.82) is 5.26 Å². The first kappa shape index (κ1) is 23.0. The van der Waals surface area contributed by atoms with Gasteiger partial charge in [0, 0.05) is 19.0 Å². The second kappa shape index (κ2) is 8.87. The topological polar surface area (TPSA) is 97.1 Å². The fourth-order valence-corrected chi connectivity index (χ4v) is 6.09. The molecule has 1 saturated carbocycles. The minimum absolute atomic E-state index is 0.264. The van der Waals surface area contributed by atoms with Gasteiger partial charge in [0.1, 0.15) is 11.5 Å². The van der Waals surface area contributed by atoms with E-state index in [1.807, 2.05) is 35.4 Å². The Kier molecular flexibility index (Phi) is 5.66. The number of pyridine rings is 1. The summed E-state index contributed by atoms with van der Waals surface area (Å²) >= 11 is 0. The van der Waals surface area contributed by atoms with E-state index < -0.39 is 17.3 Å². The molecule has 3 aliphatic rings. The number of methoxy groups -OCH3 is 1. The number of hydroxylamine groups is 2. The summed E-state index contributed by atoms with van der Waals surface area (Å²) in [7, 11) is 1.58. The number of benzene rings is 2. The molecule has 0 amide bonds. The van der Waals surface area contributed by atoms with Gasteiger partial charge in [-0.3, -0.25) is 9.82 Å². The van der Waals surface area contributed by atoms with Crippen molar-refractivity contribution in [2.45, 2.75) is 29.6 Å². The first-order valence-electron chi connectivity index (χ1n) is 12.1. The van der Waals surface area contributed by atoms with Crippen molar-refractivity contribution in [1.82, 2.24) is 10.0 Å². The van der Waals surface area contributed by atoms with E-state index in [-0.39, 0.29) is 5.92 Å². The molecule has 4 unspecified atom stereocenters. The van der Waals surface area contributed by atoms with Gasteiger partial charge in [-0.05, 0) is 29.7 Å². The number of nitrogens with zero attached hydrogens (tertiary/aromatic N) is 3. The van der Waals surface area contributed by atoms with Crippen LogP contribution in [0.4, 0.5) is 0 Å². The summed E-state index contributed by atoms with van der Waals surface area (Å²) in [5.74, 6) is 0.732. The molecule has 36 heavy (non-hydrogen) atoms. The van der Waals surface area contributed by atoms with Crippen LogP contribution in [0.3, 0.4) is 0 Å². The van der Waals surface area contributed by atoms with E-state index in [2.05, 4.69) is 23.2 Å². The number of nitriles is 1. The van der Waals surface area contributed by atoms with Gasteiger partial charge in [0.25, 0.3) is 0 Å². The highest BCUT2D eigenvalue weighted by molar-refractivity contribution is 5.59. The van der Waals surface area contributed by atoms with E-state index >= 15 is 0 Å². The third-order valence-electron chi connectivity index (χ3n) is 7.60. The molecule has 2 fully saturated rings. The molecule has 3 aromatic rings. The monoisotopic (exact) mass is 485 g/mol. The highest BCUT2D eigenvalue weighted by atomic mass is 16.7. The Balaban J connectivity index is 1.64. The average molecular weight is 486 g/mol. The quantitative estimate of drug-likeness (QED) is 0.588. The molecular weight excluding hydrogens is 458 g/mol. The predicted molar refractivity (Wildman–Crippen MR) is 129 cm³/mol. The molecule has 2 aromatic carbocycles. The molecular formula is C28H27N3O5. The zero-order valence-corrected chi connectivity index (χ0v) is 20.0. The minimum Gasteiger partial charge on any atom is -0.495 e. The lowest BCUT2D eigenvalue weighted by molar-refractivity contribution is -0.323. The van der Waals surface area contributed by atoms with Gasteiger partial charge in [-0.2, -0.15) is 10.3 Å². The van der Waals surface area contributed by atoms with Crippen molar-refractivity contribution in [3.8, 4) is 17.6 Å². The van der Waals surface area contributed by atoms with Gasteiger partial charge in [0.2, 0.25) is 0 Å². The number of aromatic nitrogens is 1. The fourth-order valence-electron chi connectivity index (χ4n) is 6.09. The first-order valence-corrected chi connectivity index (χ1v) is 12.1. The molecule has 8 nitrogen and oxygen atoms in total. The number of morpholine rings is 1. The summed E-state index contributed by atoms with van der Waals surface area (Å²) in [6.45, 7) is 2.16. The molecule has 8 heteroatoms. The standard InChI is InChI=1S/C28H27N3O5/c1-33-23-17-30-18-24-26(23)28(36-31-11-13-34-14-12-31)25(32)15-22(20-5-3-2-4-6-20)27(28,35-24)21-9-7-19(16-29)8-10-21/h2-10,17-18,22,25,32H,11-15H2,1H3. The van der Waals surface area contributed by atoms with Crippen LogP contribution in [0, 0.1) is 11.3 Å². The Morgan fingerprint density at radius 1 is 1.08 bits per heavy atom. The molecule has 1 aliphatic carbocycles. The van der Waals surface area contributed by atoms with Crippen LogP contribution < -0.4 is 9.47 Å². The zero-order chi connectivity index (χ0) is 24.8. The van der Waals surface area contributed by atoms with Crippen molar-refractivity contribution in [2.24, 2.45) is 0 Å². The molecule has 3 heterocycles. The van der Waals surface area contributed by atoms with Crippen molar-refractivity contribution in [3.63, 3.8) is 0 Å². The number of hydrogen-bond acceptors (Lipinski definition) is 8. The second-order valence-electron chi connectivity index (χ2n) is 9.32. The van der Waals surface area contributed by atoms with Crippen molar-refractivity contribution >= 4 is 0 Å². The highest BCUT2D eigenvalue weighted by Gasteiger charge is 2.76. The van der Waals surface area contributed by atoms with E-state index in [0.29, 0.717) is 55.4 Å². The fraction of sp³-hybridized carbons (Fsp3) is 0.357. The highest BCUT2D eigenvalue weighted by Crippen LogP contribution is 2.69. The lowest BCUT2D eigenvalue weighted by Crippen LogP contribution is -2.57. The van der Waals surface area contributed by atoms with Crippen LogP contribution in [0.2, 0.25) is 0 Å². The Morgan fingerprint density at radius 3 is 2.53 bits per heavy atom. The van der Waals surface area contributed by atoms with Crippen LogP contribution in [0.15, 0.2) is 67.0 Å². The molecule has 4 atom stereocenters. The predicted octanol–water partition coefficient (Wildman–Crippen LogP) is 3.26. The first-order chi connectivity index (χ1) is 17.6. The molecule has 0 bridgehead atoms. The van der Waals surface area contributed by atoms with Crippen LogP contribution in [0.5, 0.6) is 11.5 Å². The SMILES string of the molecule is COc1cncc2c1C1(ON3CCOCC3)C(O)CC(c3ccccc3)C1(c1ccc(C#N)cc1)O2. The minimum atomic E-state index is -1.33. The van der Waals surface area contributed by atoms with Gasteiger partial charge in [-0.25, -0.2) is 0 Å². The summed E-state index contributed by atoms with van der Waals surface area (Å²) in [4.78, 5) is 11.3. The number of aliphatic hydroxyl groups is 1. The zero-order valence-electron chi connectivity index (χ0n) is 20.0. The lowest BCUT2D eigenvalue weighted by atomic mass is 9.71. The summed E-state index contributed by atoms with van der Waals surface area (Å²) < 4.78 is 18.3. The number of hydrogen-bond donors (Lipinski definition) is 1. The third kappa shape index (κ3) is 3.18. The van der Waals surface area contributed by atoms with E-state index in [1.165, 1.54) is 0 Å². The molecule has 6 rings (SSSR count). The Morgan fingerprint density at radius 2 is 1.83 bits per heavy atom. The van der Waals surface area contributed by atoms with Gasteiger partial charge in [0.05, 0.1) is 56.0 Å². The van der Waals surface area contributed by atoms with E-state index in [1.54, 1.807) is 31.6 Å². The molecule has 1 saturated heterocycles. The van der Waals surface area contributed by atoms with E-state index in [9.17, 15) is 10.4 Å². The van der Waals surface area contributed by atoms with Gasteiger partial charge >= 0.3 is 0 Å². The van der Waals surface area contributed by atoms with Crippen LogP contribution in [0.25, 0.3) is 0 Å². The van der Waals surface area contributed by atoms with Crippen molar-refractivity contribution in [2.75, 3.05) is 33.4 Å². The Hall–Kier alpha value is -3.48. The van der Waals surface area contributed by atoms with E-state index in [0.717, 1.165) is 11.1 Å². The lowest BCUT2D eigenvalue weighted by Gasteiger charge is -2.46. The number of aliphatic hydroxyl groups excluding tert-OH is 1. The van der Waals surface area contributed by atoms with E-state index in [4.69, 9.17) is 19.0 Å². The third-order valence-corrected chi connectivity index (χ3v) is 7.60. The largest absolute Gasteiger partial charge is 0.495 e. The summed E-state index contributed by atoms with van der Waals surface area (Å²) in [6, 6.07) is 19.6. The Bertz CT molecular complexity index is 1290. The number of ether oxygens (including phenoxy) is 3. The van der Waals surface area contributed by atoms with Crippen LogP contribution in [0.1, 0.15) is 34.6 Å². The summed E-state index contributed by atoms with van der Waals surface area (Å²) in [5.41, 5.74) is 0.522. The number of fused-ring (bicyclic) bond motifs is 3. The van der Waals surface area contributed by atoms with Gasteiger partial charge in [-0.15, -0.1) is 0 Å². The maximum absolute atomic E-state index is 12.0. The normalized spacial score (nSPS) is 29.1. The molecule has 0 spiro atoms. The molecule has 2 aliphatic heterocycles. The smallest absolute Gasteiger partial charge is 0.192 e. The van der Waals surface area contributed by atoms with Gasteiger partial charge in [0.15, 0.2) is 11.2 Å². The molecule has 1 N–H and O–H groups in total. The second-order valence-corrected chi connectivity index (χ2v) is 9.32. The van der Waals surface area contributed by atoms with Gasteiger partial charge in [-0.1, -0.05) is 42.5 Å². The van der Waals surface area contributed by atoms with Crippen molar-refractivity contribution < 1.29 is 24.2 Å². The number of rotatable bonds is 5. The van der Waals surface area contributed by atoms with Crippen molar-refractivity contribution in [3.05, 3.63) is 89.2 Å².